The number of halogens is 2. The molecular formula is C20H20F2N4O4. The highest BCUT2D eigenvalue weighted by Crippen LogP contribution is 2.23. The summed E-state index contributed by atoms with van der Waals surface area (Å²) in [7, 11) is 0. The number of rotatable bonds is 7. The second-order valence-corrected chi connectivity index (χ2v) is 6.60. The Morgan fingerprint density at radius 2 is 2.00 bits per heavy atom. The van der Waals surface area contributed by atoms with Gasteiger partial charge in [-0.15, -0.1) is 0 Å². The van der Waals surface area contributed by atoms with Crippen molar-refractivity contribution in [2.24, 2.45) is 0 Å². The van der Waals surface area contributed by atoms with Crippen LogP contribution in [0.5, 0.6) is 0 Å². The van der Waals surface area contributed by atoms with Gasteiger partial charge in [-0.1, -0.05) is 13.3 Å². The second kappa shape index (κ2) is 8.76. The number of benzene rings is 1. The van der Waals surface area contributed by atoms with E-state index in [1.54, 1.807) is 12.1 Å². The minimum absolute atomic E-state index is 0.203. The summed E-state index contributed by atoms with van der Waals surface area (Å²) in [5.41, 5.74) is 4.04. The molecule has 10 heteroatoms. The highest BCUT2D eigenvalue weighted by molar-refractivity contribution is 6.07. The Morgan fingerprint density at radius 1 is 1.23 bits per heavy atom. The maximum atomic E-state index is 13.7. The fourth-order valence-corrected chi connectivity index (χ4v) is 2.97. The van der Waals surface area contributed by atoms with Gasteiger partial charge in [0, 0.05) is 12.1 Å². The molecule has 0 fully saturated rings. The first kappa shape index (κ1) is 21.0. The van der Waals surface area contributed by atoms with Gasteiger partial charge in [0.2, 0.25) is 0 Å². The van der Waals surface area contributed by atoms with Crippen LogP contribution in [0.2, 0.25) is 0 Å². The zero-order valence-corrected chi connectivity index (χ0v) is 16.2. The van der Waals surface area contributed by atoms with Gasteiger partial charge in [-0.05, 0) is 36.8 Å². The standard InChI is InChI=1S/C20H20F2N4O4/c1-2-3-8-25-17(23)16(18(27)24-20(25)29)26(11-13-5-4-9-30-13)19(28)12-6-7-14(21)15(22)10-12/h4-7,9-10H,2-3,8,11,23H2,1H3,(H,24,27,29). The molecule has 1 amide bonds. The number of carbonyl (C=O) groups is 1. The number of nitrogens with two attached hydrogens (primary N) is 1. The lowest BCUT2D eigenvalue weighted by atomic mass is 10.1. The summed E-state index contributed by atoms with van der Waals surface area (Å²) in [5.74, 6) is -3.04. The van der Waals surface area contributed by atoms with Gasteiger partial charge >= 0.3 is 5.69 Å². The third-order valence-corrected chi connectivity index (χ3v) is 4.53. The molecule has 2 heterocycles. The number of hydrogen-bond acceptors (Lipinski definition) is 5. The summed E-state index contributed by atoms with van der Waals surface area (Å²) in [5, 5.41) is 0. The quantitative estimate of drug-likeness (QED) is 0.612. The summed E-state index contributed by atoms with van der Waals surface area (Å²) in [6, 6.07) is 5.79. The monoisotopic (exact) mass is 418 g/mol. The Morgan fingerprint density at radius 3 is 2.63 bits per heavy atom. The van der Waals surface area contributed by atoms with Crippen LogP contribution in [0.4, 0.5) is 20.3 Å². The predicted molar refractivity (Wildman–Crippen MR) is 106 cm³/mol. The number of nitrogens with zero attached hydrogens (tertiary/aromatic N) is 2. The van der Waals surface area contributed by atoms with E-state index in [9.17, 15) is 23.2 Å². The van der Waals surface area contributed by atoms with Gasteiger partial charge in [-0.25, -0.2) is 13.6 Å². The average molecular weight is 418 g/mol. The van der Waals surface area contributed by atoms with Gasteiger partial charge in [0.25, 0.3) is 11.5 Å². The lowest BCUT2D eigenvalue weighted by molar-refractivity contribution is 0.0982. The molecule has 0 saturated carbocycles. The minimum atomic E-state index is -1.21. The van der Waals surface area contributed by atoms with E-state index in [4.69, 9.17) is 10.2 Å². The number of amides is 1. The van der Waals surface area contributed by atoms with Crippen molar-refractivity contribution < 1.29 is 18.0 Å². The van der Waals surface area contributed by atoms with Crippen LogP contribution in [0.25, 0.3) is 0 Å². The normalized spacial score (nSPS) is 10.9. The Balaban J connectivity index is 2.15. The molecule has 0 unspecified atom stereocenters. The smallest absolute Gasteiger partial charge is 0.330 e. The number of aromatic nitrogens is 2. The average Bonchev–Trinajstić information content (AvgIpc) is 3.21. The number of nitrogens with one attached hydrogen (secondary N) is 1. The van der Waals surface area contributed by atoms with Crippen molar-refractivity contribution in [3.8, 4) is 0 Å². The van der Waals surface area contributed by atoms with Crippen LogP contribution in [0.1, 0.15) is 35.9 Å². The molecule has 1 aromatic carbocycles. The number of H-pyrrole nitrogens is 1. The van der Waals surface area contributed by atoms with Crippen molar-refractivity contribution in [1.29, 1.82) is 0 Å². The molecule has 8 nitrogen and oxygen atoms in total. The summed E-state index contributed by atoms with van der Waals surface area (Å²) >= 11 is 0. The van der Waals surface area contributed by atoms with Crippen molar-refractivity contribution in [2.75, 3.05) is 10.6 Å². The number of furan rings is 1. The molecule has 0 aliphatic heterocycles. The molecular weight excluding hydrogens is 398 g/mol. The zero-order chi connectivity index (χ0) is 21.8. The van der Waals surface area contributed by atoms with Crippen molar-refractivity contribution >= 4 is 17.4 Å². The van der Waals surface area contributed by atoms with Crippen LogP contribution < -0.4 is 21.9 Å². The van der Waals surface area contributed by atoms with Gasteiger partial charge in [0.15, 0.2) is 17.3 Å². The molecule has 0 bridgehead atoms. The molecule has 0 atom stereocenters. The maximum Gasteiger partial charge on any atom is 0.330 e. The number of carbonyl (C=O) groups excluding carboxylic acids is 1. The number of hydrogen-bond donors (Lipinski definition) is 2. The van der Waals surface area contributed by atoms with Crippen molar-refractivity contribution in [1.82, 2.24) is 9.55 Å². The molecule has 3 rings (SSSR count). The van der Waals surface area contributed by atoms with E-state index in [0.717, 1.165) is 34.1 Å². The third-order valence-electron chi connectivity index (χ3n) is 4.53. The Hall–Kier alpha value is -3.69. The summed E-state index contributed by atoms with van der Waals surface area (Å²) in [4.78, 5) is 41.1. The van der Waals surface area contributed by atoms with Crippen LogP contribution in [-0.2, 0) is 13.1 Å². The molecule has 2 aromatic heterocycles. The molecule has 0 aliphatic carbocycles. The van der Waals surface area contributed by atoms with Gasteiger partial charge in [-0.3, -0.25) is 24.0 Å². The highest BCUT2D eigenvalue weighted by Gasteiger charge is 2.27. The van der Waals surface area contributed by atoms with Crippen LogP contribution in [0, 0.1) is 11.6 Å². The maximum absolute atomic E-state index is 13.7. The molecule has 0 aliphatic rings. The van der Waals surface area contributed by atoms with Gasteiger partial charge in [0.05, 0.1) is 12.8 Å². The fourth-order valence-electron chi connectivity index (χ4n) is 2.97. The summed E-state index contributed by atoms with van der Waals surface area (Å²) < 4.78 is 33.4. The number of nitrogen functional groups attached to an aromatic ring is 1. The Kier molecular flexibility index (Phi) is 6.14. The van der Waals surface area contributed by atoms with E-state index in [0.29, 0.717) is 12.2 Å². The summed E-state index contributed by atoms with van der Waals surface area (Å²) in [6.07, 6.45) is 2.76. The van der Waals surface area contributed by atoms with E-state index in [2.05, 4.69) is 4.98 Å². The van der Waals surface area contributed by atoms with E-state index >= 15 is 0 Å². The SMILES string of the molecule is CCCCn1c(N)c(N(Cc2ccco2)C(=O)c2ccc(F)c(F)c2)c(=O)[nH]c1=O. The molecule has 3 N–H and O–H groups in total. The Labute approximate surface area is 169 Å². The lowest BCUT2D eigenvalue weighted by Gasteiger charge is -2.24. The number of anilines is 2. The zero-order valence-electron chi connectivity index (χ0n) is 16.2. The number of aromatic amines is 1. The molecule has 158 valence electrons. The minimum Gasteiger partial charge on any atom is -0.467 e. The fraction of sp³-hybridized carbons (Fsp3) is 0.250. The molecule has 0 spiro atoms. The van der Waals surface area contributed by atoms with Gasteiger partial charge < -0.3 is 10.2 Å². The largest absolute Gasteiger partial charge is 0.467 e. The van der Waals surface area contributed by atoms with E-state index in [-0.39, 0.29) is 30.2 Å². The van der Waals surface area contributed by atoms with E-state index < -0.39 is 28.8 Å². The van der Waals surface area contributed by atoms with Crippen LogP contribution >= 0.6 is 0 Å². The van der Waals surface area contributed by atoms with Gasteiger partial charge in [-0.2, -0.15) is 0 Å². The lowest BCUT2D eigenvalue weighted by Crippen LogP contribution is -2.41. The van der Waals surface area contributed by atoms with Crippen LogP contribution in [-0.4, -0.2) is 15.5 Å². The predicted octanol–water partition coefficient (Wildman–Crippen LogP) is 2.64. The second-order valence-electron chi connectivity index (χ2n) is 6.60. The van der Waals surface area contributed by atoms with Crippen LogP contribution in [0.3, 0.4) is 0 Å². The van der Waals surface area contributed by atoms with E-state index in [1.807, 2.05) is 6.92 Å². The van der Waals surface area contributed by atoms with Crippen molar-refractivity contribution in [3.05, 3.63) is 80.4 Å². The third kappa shape index (κ3) is 4.17. The van der Waals surface area contributed by atoms with Crippen molar-refractivity contribution in [2.45, 2.75) is 32.9 Å². The first-order valence-corrected chi connectivity index (χ1v) is 9.25. The summed E-state index contributed by atoms with van der Waals surface area (Å²) in [6.45, 7) is 1.94. The highest BCUT2D eigenvalue weighted by atomic mass is 19.2. The first-order valence-electron chi connectivity index (χ1n) is 9.25. The molecule has 3 aromatic rings. The topological polar surface area (TPSA) is 114 Å². The van der Waals surface area contributed by atoms with Gasteiger partial charge in [0.1, 0.15) is 11.6 Å². The Bertz CT molecular complexity index is 1170. The molecule has 0 radical (unpaired) electrons. The first-order chi connectivity index (χ1) is 14.3. The van der Waals surface area contributed by atoms with Crippen LogP contribution in [0.15, 0.2) is 50.6 Å². The van der Waals surface area contributed by atoms with Crippen molar-refractivity contribution in [3.63, 3.8) is 0 Å². The van der Waals surface area contributed by atoms with E-state index in [1.165, 1.54) is 6.26 Å². The molecule has 30 heavy (non-hydrogen) atoms. The molecule has 0 saturated heterocycles. The number of unbranched alkanes of at least 4 members (excludes halogenated alkanes) is 1.